The Hall–Kier alpha value is 0.390. The average molecular weight is 217 g/mol. The van der Waals surface area contributed by atoms with Crippen molar-refractivity contribution in [3.8, 4) is 0 Å². The molecular formula is C12H28NP. The molecule has 0 spiro atoms. The zero-order valence-corrected chi connectivity index (χ0v) is 11.3. The average Bonchev–Trinajstić information content (AvgIpc) is 2.21. The third-order valence-electron chi connectivity index (χ3n) is 2.71. The van der Waals surface area contributed by atoms with Crippen LogP contribution >= 0.6 is 9.39 Å². The fraction of sp³-hybridized carbons (Fsp3) is 1.00. The van der Waals surface area contributed by atoms with E-state index in [4.69, 9.17) is 0 Å². The van der Waals surface area contributed by atoms with Crippen LogP contribution in [0.25, 0.3) is 0 Å². The van der Waals surface area contributed by atoms with E-state index in [0.29, 0.717) is 0 Å². The maximum Gasteiger partial charge on any atom is 0.00160 e. The van der Waals surface area contributed by atoms with Crippen molar-refractivity contribution in [2.24, 2.45) is 0 Å². The summed E-state index contributed by atoms with van der Waals surface area (Å²) in [5.74, 6) is 0. The lowest BCUT2D eigenvalue weighted by molar-refractivity contribution is 0.460. The van der Waals surface area contributed by atoms with E-state index in [2.05, 4.69) is 27.9 Å². The zero-order valence-electron chi connectivity index (χ0n) is 10.1. The highest BCUT2D eigenvalue weighted by Gasteiger charge is 1.94. The molecule has 0 N–H and O–H groups in total. The lowest BCUT2D eigenvalue weighted by Crippen LogP contribution is -2.11. The molecule has 14 heavy (non-hydrogen) atoms. The van der Waals surface area contributed by atoms with Crippen molar-refractivity contribution in [1.29, 1.82) is 0 Å². The van der Waals surface area contributed by atoms with Crippen LogP contribution in [0.4, 0.5) is 0 Å². The molecule has 0 amide bonds. The lowest BCUT2D eigenvalue weighted by Gasteiger charge is -2.12. The first-order valence-electron chi connectivity index (χ1n) is 6.30. The molecule has 0 aliphatic carbocycles. The molecule has 0 saturated carbocycles. The molecule has 86 valence electrons. The zero-order chi connectivity index (χ0) is 10.6. The van der Waals surface area contributed by atoms with Crippen molar-refractivity contribution in [2.45, 2.75) is 65.2 Å². The van der Waals surface area contributed by atoms with Crippen LogP contribution in [0.5, 0.6) is 0 Å². The summed E-state index contributed by atoms with van der Waals surface area (Å²) in [4.78, 5) is 0. The molecule has 0 aliphatic heterocycles. The summed E-state index contributed by atoms with van der Waals surface area (Å²) in [7, 11) is 2.79. The summed E-state index contributed by atoms with van der Waals surface area (Å²) >= 11 is 0. The molecule has 1 atom stereocenters. The largest absolute Gasteiger partial charge is 0.288 e. The van der Waals surface area contributed by atoms with Crippen molar-refractivity contribution >= 4 is 9.39 Å². The number of nitrogens with zero attached hydrogens (tertiary/aromatic N) is 1. The van der Waals surface area contributed by atoms with Crippen molar-refractivity contribution in [1.82, 2.24) is 4.67 Å². The van der Waals surface area contributed by atoms with Crippen molar-refractivity contribution in [3.63, 3.8) is 0 Å². The molecule has 0 aliphatic rings. The SMILES string of the molecule is CCCCCCCCCCN(P)CC. The van der Waals surface area contributed by atoms with Gasteiger partial charge in [-0.3, -0.25) is 4.67 Å². The normalized spacial score (nSPS) is 11.1. The van der Waals surface area contributed by atoms with Gasteiger partial charge in [0, 0.05) is 6.54 Å². The molecule has 0 bridgehead atoms. The number of hydrogen-bond donors (Lipinski definition) is 0. The highest BCUT2D eigenvalue weighted by Crippen LogP contribution is 2.09. The van der Waals surface area contributed by atoms with Gasteiger partial charge in [-0.15, -0.1) is 0 Å². The van der Waals surface area contributed by atoms with Crippen LogP contribution < -0.4 is 0 Å². The van der Waals surface area contributed by atoms with E-state index in [1.165, 1.54) is 57.9 Å². The highest BCUT2D eigenvalue weighted by atomic mass is 31.0. The molecule has 1 nitrogen and oxygen atoms in total. The summed E-state index contributed by atoms with van der Waals surface area (Å²) < 4.78 is 2.32. The molecule has 2 heteroatoms. The summed E-state index contributed by atoms with van der Waals surface area (Å²) in [5, 5.41) is 0. The Morgan fingerprint density at radius 2 is 1.29 bits per heavy atom. The van der Waals surface area contributed by atoms with Gasteiger partial charge in [0.2, 0.25) is 0 Å². The molecule has 0 rings (SSSR count). The minimum atomic E-state index is 1.15. The molecular weight excluding hydrogens is 189 g/mol. The number of rotatable bonds is 10. The van der Waals surface area contributed by atoms with Gasteiger partial charge in [-0.05, 0) is 13.0 Å². The van der Waals surface area contributed by atoms with Gasteiger partial charge in [-0.2, -0.15) is 0 Å². The predicted molar refractivity (Wildman–Crippen MR) is 69.6 cm³/mol. The van der Waals surface area contributed by atoms with E-state index in [9.17, 15) is 0 Å². The summed E-state index contributed by atoms with van der Waals surface area (Å²) in [6.45, 7) is 6.88. The van der Waals surface area contributed by atoms with Crippen LogP contribution in [0.1, 0.15) is 65.2 Å². The number of hydrogen-bond acceptors (Lipinski definition) is 1. The second kappa shape index (κ2) is 11.5. The minimum Gasteiger partial charge on any atom is -0.288 e. The van der Waals surface area contributed by atoms with Crippen molar-refractivity contribution in [3.05, 3.63) is 0 Å². The van der Waals surface area contributed by atoms with Crippen LogP contribution in [0.15, 0.2) is 0 Å². The van der Waals surface area contributed by atoms with Crippen LogP contribution in [0, 0.1) is 0 Å². The van der Waals surface area contributed by atoms with E-state index in [-0.39, 0.29) is 0 Å². The molecule has 0 fully saturated rings. The van der Waals surface area contributed by atoms with E-state index < -0.39 is 0 Å². The second-order valence-electron chi connectivity index (χ2n) is 4.10. The number of unbranched alkanes of at least 4 members (excludes halogenated alkanes) is 7. The highest BCUT2D eigenvalue weighted by molar-refractivity contribution is 7.13. The van der Waals surface area contributed by atoms with Gasteiger partial charge in [-0.1, -0.05) is 68.2 Å². The fourth-order valence-corrected chi connectivity index (χ4v) is 1.79. The summed E-state index contributed by atoms with van der Waals surface area (Å²) in [5.41, 5.74) is 0. The van der Waals surface area contributed by atoms with Gasteiger partial charge in [0.15, 0.2) is 0 Å². The molecule has 0 saturated heterocycles. The van der Waals surface area contributed by atoms with E-state index in [1.807, 2.05) is 0 Å². The summed E-state index contributed by atoms with van der Waals surface area (Å²) in [6.07, 6.45) is 11.3. The second-order valence-corrected chi connectivity index (χ2v) is 4.83. The lowest BCUT2D eigenvalue weighted by atomic mass is 10.1. The van der Waals surface area contributed by atoms with Gasteiger partial charge in [-0.25, -0.2) is 0 Å². The molecule has 0 heterocycles. The first-order chi connectivity index (χ1) is 6.81. The Morgan fingerprint density at radius 3 is 1.79 bits per heavy atom. The van der Waals surface area contributed by atoms with Gasteiger partial charge < -0.3 is 0 Å². The summed E-state index contributed by atoms with van der Waals surface area (Å²) in [6, 6.07) is 0. The van der Waals surface area contributed by atoms with Crippen molar-refractivity contribution < 1.29 is 0 Å². The standard InChI is InChI=1S/C12H28NP/c1-3-5-6-7-8-9-10-11-12-13(14)4-2/h3-12,14H2,1-2H3. The Morgan fingerprint density at radius 1 is 0.786 bits per heavy atom. The van der Waals surface area contributed by atoms with Crippen LogP contribution in [0.3, 0.4) is 0 Å². The smallest absolute Gasteiger partial charge is 0.00160 e. The van der Waals surface area contributed by atoms with Crippen molar-refractivity contribution in [2.75, 3.05) is 13.1 Å². The molecule has 0 radical (unpaired) electrons. The predicted octanol–water partition coefficient (Wildman–Crippen LogP) is 4.24. The van der Waals surface area contributed by atoms with Gasteiger partial charge in [0.05, 0.1) is 0 Å². The Labute approximate surface area is 92.9 Å². The maximum atomic E-state index is 2.79. The van der Waals surface area contributed by atoms with Gasteiger partial charge in [0.1, 0.15) is 0 Å². The Bertz CT molecular complexity index is 106. The quantitative estimate of drug-likeness (QED) is 0.391. The molecule has 0 aromatic heterocycles. The molecule has 0 aromatic carbocycles. The van der Waals surface area contributed by atoms with E-state index in [1.54, 1.807) is 0 Å². The van der Waals surface area contributed by atoms with E-state index in [0.717, 1.165) is 6.54 Å². The third kappa shape index (κ3) is 10.5. The first-order valence-corrected chi connectivity index (χ1v) is 6.82. The van der Waals surface area contributed by atoms with Gasteiger partial charge in [0.25, 0.3) is 0 Å². The Kier molecular flexibility index (Phi) is 11.8. The first kappa shape index (κ1) is 14.4. The van der Waals surface area contributed by atoms with Crippen LogP contribution in [-0.2, 0) is 0 Å². The van der Waals surface area contributed by atoms with Crippen LogP contribution in [0.2, 0.25) is 0 Å². The molecule has 1 unspecified atom stereocenters. The monoisotopic (exact) mass is 217 g/mol. The van der Waals surface area contributed by atoms with E-state index >= 15 is 0 Å². The topological polar surface area (TPSA) is 3.24 Å². The fourth-order valence-electron chi connectivity index (χ4n) is 1.61. The Balaban J connectivity index is 2.92. The van der Waals surface area contributed by atoms with Crippen LogP contribution in [-0.4, -0.2) is 17.8 Å². The third-order valence-corrected chi connectivity index (χ3v) is 3.33. The van der Waals surface area contributed by atoms with Gasteiger partial charge >= 0.3 is 0 Å². The molecule has 0 aromatic rings. The maximum absolute atomic E-state index is 2.79. The minimum absolute atomic E-state index is 1.15.